The number of hydrogen-bond acceptors (Lipinski definition) is 4. The van der Waals surface area contributed by atoms with E-state index < -0.39 is 28.5 Å². The Morgan fingerprint density at radius 2 is 1.61 bits per heavy atom. The fourth-order valence-electron chi connectivity index (χ4n) is 4.98. The first-order chi connectivity index (χ1) is 19.5. The number of sulfonamides is 1. The topological polar surface area (TPSA) is 86.8 Å². The van der Waals surface area contributed by atoms with E-state index in [2.05, 4.69) is 27.9 Å². The Labute approximate surface area is 265 Å². The molecule has 218 valence electrons. The standard InChI is InChI=1S/C30H32Cl2IN3O4S/c1-41(39,40)36(25-14-12-23(33)13-15-25)20-29(37)35(19-22-11-16-26(31)27(32)17-22)28(18-21-7-3-2-4-8-21)30(38)34-24-9-5-6-10-24/h2-4,7-8,11-17,24,28H,5-6,9-10,18-20H2,1H3,(H,34,38)/t28-/m1/s1. The second-order valence-corrected chi connectivity index (χ2v) is 14.2. The highest BCUT2D eigenvalue weighted by atomic mass is 127. The van der Waals surface area contributed by atoms with Gasteiger partial charge in [0.2, 0.25) is 21.8 Å². The molecule has 0 saturated heterocycles. The molecule has 0 aromatic heterocycles. The zero-order valence-corrected chi connectivity index (χ0v) is 27.1. The third-order valence-electron chi connectivity index (χ3n) is 7.10. The first-order valence-corrected chi connectivity index (χ1v) is 17.0. The lowest BCUT2D eigenvalue weighted by atomic mass is 10.0. The third kappa shape index (κ3) is 8.83. The smallest absolute Gasteiger partial charge is 0.244 e. The number of nitrogens with zero attached hydrogens (tertiary/aromatic N) is 2. The van der Waals surface area contributed by atoms with Gasteiger partial charge >= 0.3 is 0 Å². The summed E-state index contributed by atoms with van der Waals surface area (Å²) in [5, 5.41) is 3.84. The molecular weight excluding hydrogens is 696 g/mol. The quantitative estimate of drug-likeness (QED) is 0.244. The number of carbonyl (C=O) groups is 2. The van der Waals surface area contributed by atoms with Gasteiger partial charge in [0.1, 0.15) is 12.6 Å². The van der Waals surface area contributed by atoms with Gasteiger partial charge in [-0.3, -0.25) is 13.9 Å². The minimum atomic E-state index is -3.82. The molecule has 3 aromatic carbocycles. The summed E-state index contributed by atoms with van der Waals surface area (Å²) < 4.78 is 27.8. The van der Waals surface area contributed by atoms with Crippen molar-refractivity contribution in [2.45, 2.75) is 50.7 Å². The first kappa shape index (κ1) is 31.6. The number of rotatable bonds is 11. The fraction of sp³-hybridized carbons (Fsp3) is 0.333. The number of anilines is 1. The molecule has 7 nitrogen and oxygen atoms in total. The van der Waals surface area contributed by atoms with Gasteiger partial charge in [-0.25, -0.2) is 8.42 Å². The van der Waals surface area contributed by atoms with Crippen molar-refractivity contribution in [3.8, 4) is 0 Å². The molecule has 1 saturated carbocycles. The molecule has 0 heterocycles. The molecular formula is C30H32Cl2IN3O4S. The highest BCUT2D eigenvalue weighted by Crippen LogP contribution is 2.26. The van der Waals surface area contributed by atoms with Gasteiger partial charge in [-0.15, -0.1) is 0 Å². The lowest BCUT2D eigenvalue weighted by molar-refractivity contribution is -0.140. The second-order valence-electron chi connectivity index (χ2n) is 10.2. The van der Waals surface area contributed by atoms with Gasteiger partial charge in [0.15, 0.2) is 0 Å². The number of nitrogens with one attached hydrogen (secondary N) is 1. The predicted octanol–water partition coefficient (Wildman–Crippen LogP) is 6.06. The Kier molecular flexibility index (Phi) is 11.0. The molecule has 1 aliphatic carbocycles. The summed E-state index contributed by atoms with van der Waals surface area (Å²) >= 11 is 14.6. The van der Waals surface area contributed by atoms with E-state index in [-0.39, 0.29) is 24.9 Å². The average Bonchev–Trinajstić information content (AvgIpc) is 3.44. The molecule has 1 aliphatic rings. The van der Waals surface area contributed by atoms with Crippen LogP contribution in [0.25, 0.3) is 0 Å². The Hall–Kier alpha value is -2.34. The zero-order valence-electron chi connectivity index (χ0n) is 22.6. The maximum Gasteiger partial charge on any atom is 0.244 e. The summed E-state index contributed by atoms with van der Waals surface area (Å²) in [6, 6.07) is 20.5. The van der Waals surface area contributed by atoms with E-state index in [1.165, 1.54) is 4.90 Å². The maximum absolute atomic E-state index is 14.1. The summed E-state index contributed by atoms with van der Waals surface area (Å²) in [4.78, 5) is 29.5. The minimum Gasteiger partial charge on any atom is -0.352 e. The summed E-state index contributed by atoms with van der Waals surface area (Å²) in [5.41, 5.74) is 1.91. The summed E-state index contributed by atoms with van der Waals surface area (Å²) in [5.74, 6) is -0.781. The molecule has 2 amide bonds. The Bertz CT molecular complexity index is 1470. The lowest BCUT2D eigenvalue weighted by Crippen LogP contribution is -2.54. The van der Waals surface area contributed by atoms with Crippen LogP contribution >= 0.6 is 45.8 Å². The maximum atomic E-state index is 14.1. The normalized spacial score (nSPS) is 14.4. The van der Waals surface area contributed by atoms with Crippen LogP contribution in [0.4, 0.5) is 5.69 Å². The van der Waals surface area contributed by atoms with E-state index >= 15 is 0 Å². The van der Waals surface area contributed by atoms with Crippen molar-refractivity contribution in [3.05, 3.63) is 97.5 Å². The van der Waals surface area contributed by atoms with Gasteiger partial charge in [-0.1, -0.05) is 72.4 Å². The highest BCUT2D eigenvalue weighted by Gasteiger charge is 2.34. The van der Waals surface area contributed by atoms with Crippen molar-refractivity contribution in [1.82, 2.24) is 10.2 Å². The van der Waals surface area contributed by atoms with Gasteiger partial charge in [0, 0.05) is 22.6 Å². The third-order valence-corrected chi connectivity index (χ3v) is 9.70. The molecule has 11 heteroatoms. The van der Waals surface area contributed by atoms with Gasteiger partial charge in [-0.2, -0.15) is 0 Å². The Morgan fingerprint density at radius 1 is 0.951 bits per heavy atom. The van der Waals surface area contributed by atoms with Crippen molar-refractivity contribution in [3.63, 3.8) is 0 Å². The SMILES string of the molecule is CS(=O)(=O)N(CC(=O)N(Cc1ccc(Cl)c(Cl)c1)[C@H](Cc1ccccc1)C(=O)NC1CCCC1)c1ccc(I)cc1. The van der Waals surface area contributed by atoms with Crippen LogP contribution in [0.5, 0.6) is 0 Å². The molecule has 0 unspecified atom stereocenters. The van der Waals surface area contributed by atoms with Crippen LogP contribution in [-0.2, 0) is 32.6 Å². The van der Waals surface area contributed by atoms with Crippen molar-refractivity contribution in [1.29, 1.82) is 0 Å². The number of amides is 2. The van der Waals surface area contributed by atoms with Crippen molar-refractivity contribution >= 4 is 73.3 Å². The van der Waals surface area contributed by atoms with Gasteiger partial charge < -0.3 is 10.2 Å². The lowest BCUT2D eigenvalue weighted by Gasteiger charge is -2.34. The van der Waals surface area contributed by atoms with Crippen LogP contribution in [0.15, 0.2) is 72.8 Å². The molecule has 0 radical (unpaired) electrons. The van der Waals surface area contributed by atoms with E-state index in [4.69, 9.17) is 23.2 Å². The zero-order chi connectivity index (χ0) is 29.6. The van der Waals surface area contributed by atoms with E-state index in [1.54, 1.807) is 42.5 Å². The number of benzene rings is 3. The molecule has 41 heavy (non-hydrogen) atoms. The van der Waals surface area contributed by atoms with E-state index in [0.29, 0.717) is 21.3 Å². The van der Waals surface area contributed by atoms with Crippen LogP contribution < -0.4 is 9.62 Å². The van der Waals surface area contributed by atoms with Crippen LogP contribution in [0, 0.1) is 3.57 Å². The Morgan fingerprint density at radius 3 is 2.22 bits per heavy atom. The Balaban J connectivity index is 1.73. The van der Waals surface area contributed by atoms with E-state index in [0.717, 1.165) is 45.4 Å². The van der Waals surface area contributed by atoms with Crippen LogP contribution in [0.2, 0.25) is 10.0 Å². The molecule has 0 aliphatic heterocycles. The van der Waals surface area contributed by atoms with Gasteiger partial charge in [0.05, 0.1) is 22.0 Å². The number of carbonyl (C=O) groups excluding carboxylic acids is 2. The van der Waals surface area contributed by atoms with Crippen molar-refractivity contribution in [2.24, 2.45) is 0 Å². The predicted molar refractivity (Wildman–Crippen MR) is 173 cm³/mol. The largest absolute Gasteiger partial charge is 0.352 e. The van der Waals surface area contributed by atoms with Gasteiger partial charge in [-0.05, 0) is 83.0 Å². The molecule has 1 fully saturated rings. The highest BCUT2D eigenvalue weighted by molar-refractivity contribution is 14.1. The number of hydrogen-bond donors (Lipinski definition) is 1. The molecule has 3 aromatic rings. The minimum absolute atomic E-state index is 0.0373. The molecule has 0 spiro atoms. The second kappa shape index (κ2) is 14.2. The summed E-state index contributed by atoms with van der Waals surface area (Å²) in [6.07, 6.45) is 5.18. The summed E-state index contributed by atoms with van der Waals surface area (Å²) in [6.45, 7) is -0.432. The van der Waals surface area contributed by atoms with Crippen molar-refractivity contribution in [2.75, 3.05) is 17.1 Å². The first-order valence-electron chi connectivity index (χ1n) is 13.3. The van der Waals surface area contributed by atoms with E-state index in [9.17, 15) is 18.0 Å². The van der Waals surface area contributed by atoms with E-state index in [1.807, 2.05) is 30.3 Å². The van der Waals surface area contributed by atoms with Crippen LogP contribution in [-0.4, -0.2) is 50.0 Å². The monoisotopic (exact) mass is 727 g/mol. The van der Waals surface area contributed by atoms with Gasteiger partial charge in [0.25, 0.3) is 0 Å². The van der Waals surface area contributed by atoms with Crippen LogP contribution in [0.1, 0.15) is 36.8 Å². The summed E-state index contributed by atoms with van der Waals surface area (Å²) in [7, 11) is -3.82. The average molecular weight is 728 g/mol. The fourth-order valence-corrected chi connectivity index (χ4v) is 6.51. The molecule has 1 N–H and O–H groups in total. The molecule has 0 bridgehead atoms. The molecule has 4 rings (SSSR count). The van der Waals surface area contributed by atoms with Crippen LogP contribution in [0.3, 0.4) is 0 Å². The number of halogens is 3. The van der Waals surface area contributed by atoms with Crippen molar-refractivity contribution < 1.29 is 18.0 Å². The molecule has 1 atom stereocenters.